The molecule has 0 radical (unpaired) electrons. The van der Waals surface area contributed by atoms with Gasteiger partial charge in [-0.15, -0.1) is 0 Å². The number of aliphatic carboxylic acids is 1. The molecule has 152 valence electrons. The van der Waals surface area contributed by atoms with Crippen LogP contribution in [-0.4, -0.2) is 47.0 Å². The summed E-state index contributed by atoms with van der Waals surface area (Å²) in [6.07, 6.45) is 0.594. The summed E-state index contributed by atoms with van der Waals surface area (Å²) in [5, 5.41) is 15.6. The van der Waals surface area contributed by atoms with Crippen molar-refractivity contribution in [1.29, 1.82) is 0 Å². The minimum absolute atomic E-state index is 0.211. The van der Waals surface area contributed by atoms with Crippen LogP contribution in [0.15, 0.2) is 34.4 Å². The highest BCUT2D eigenvalue weighted by molar-refractivity contribution is 6.08. The molecule has 1 aromatic carbocycles. The van der Waals surface area contributed by atoms with E-state index in [0.717, 1.165) is 24.0 Å². The number of hydrogen-bond donors (Lipinski definition) is 2. The van der Waals surface area contributed by atoms with E-state index in [1.165, 1.54) is 0 Å². The predicted octanol–water partition coefficient (Wildman–Crippen LogP) is 3.34. The molecule has 0 saturated heterocycles. The molecule has 8 nitrogen and oxygen atoms in total. The normalized spacial score (nSPS) is 16.9. The number of carbonyl (C=O) groups excluding carboxylic acids is 1. The van der Waals surface area contributed by atoms with Gasteiger partial charge in [0, 0.05) is 18.5 Å². The van der Waals surface area contributed by atoms with Gasteiger partial charge in [0.05, 0.1) is 5.71 Å². The summed E-state index contributed by atoms with van der Waals surface area (Å²) in [7, 11) is 0. The molecule has 0 spiro atoms. The number of amidine groups is 1. The number of benzene rings is 1. The second kappa shape index (κ2) is 9.34. The second-order valence-electron chi connectivity index (χ2n) is 7.46. The molecule has 1 atom stereocenters. The van der Waals surface area contributed by atoms with Crippen LogP contribution in [-0.2, 0) is 14.4 Å². The number of oxime groups is 1. The van der Waals surface area contributed by atoms with Crippen LogP contribution in [0.5, 0.6) is 0 Å². The quantitative estimate of drug-likeness (QED) is 0.440. The molecule has 0 fully saturated rings. The number of alkyl carbamates (subject to hydrolysis) is 1. The molecule has 1 heterocycles. The van der Waals surface area contributed by atoms with E-state index in [4.69, 9.17) is 14.7 Å². The monoisotopic (exact) mass is 389 g/mol. The first-order chi connectivity index (χ1) is 13.2. The number of nitrogens with one attached hydrogen (secondary N) is 1. The van der Waals surface area contributed by atoms with Gasteiger partial charge in [-0.05, 0) is 32.8 Å². The molecule has 1 unspecified atom stereocenters. The van der Waals surface area contributed by atoms with Gasteiger partial charge in [0.2, 0.25) is 6.10 Å². The molecule has 28 heavy (non-hydrogen) atoms. The number of carbonyl (C=O) groups is 2. The van der Waals surface area contributed by atoms with Crippen molar-refractivity contribution in [3.63, 3.8) is 0 Å². The number of aliphatic imine (C=N–C) groups is 1. The fourth-order valence-corrected chi connectivity index (χ4v) is 2.45. The molecular weight excluding hydrogens is 362 g/mol. The van der Waals surface area contributed by atoms with E-state index < -0.39 is 23.8 Å². The number of rotatable bonds is 6. The first kappa shape index (κ1) is 21.4. The van der Waals surface area contributed by atoms with E-state index in [9.17, 15) is 9.59 Å². The summed E-state index contributed by atoms with van der Waals surface area (Å²) < 4.78 is 5.31. The fraction of sp³-hybridized carbons (Fsp3) is 0.500. The molecule has 1 amide bonds. The van der Waals surface area contributed by atoms with Gasteiger partial charge in [-0.3, -0.25) is 10.3 Å². The second-order valence-corrected chi connectivity index (χ2v) is 7.46. The third-order valence-corrected chi connectivity index (χ3v) is 3.84. The van der Waals surface area contributed by atoms with E-state index in [-0.39, 0.29) is 6.42 Å². The van der Waals surface area contributed by atoms with E-state index in [1.54, 1.807) is 45.0 Å². The smallest absolute Gasteiger partial charge is 0.413 e. The highest BCUT2D eigenvalue weighted by Gasteiger charge is 2.28. The molecular formula is C20H27N3O5. The first-order valence-corrected chi connectivity index (χ1v) is 9.30. The van der Waals surface area contributed by atoms with Gasteiger partial charge in [-0.2, -0.15) is 0 Å². The van der Waals surface area contributed by atoms with Gasteiger partial charge in [0.25, 0.3) is 0 Å². The van der Waals surface area contributed by atoms with Crippen molar-refractivity contribution < 1.29 is 24.3 Å². The molecule has 2 rings (SSSR count). The third-order valence-electron chi connectivity index (χ3n) is 3.84. The van der Waals surface area contributed by atoms with Crippen molar-refractivity contribution in [3.8, 4) is 0 Å². The largest absolute Gasteiger partial charge is 0.478 e. The van der Waals surface area contributed by atoms with Gasteiger partial charge in [-0.25, -0.2) is 9.59 Å². The van der Waals surface area contributed by atoms with Crippen LogP contribution in [0.3, 0.4) is 0 Å². The highest BCUT2D eigenvalue weighted by atomic mass is 16.7. The predicted molar refractivity (Wildman–Crippen MR) is 106 cm³/mol. The summed E-state index contributed by atoms with van der Waals surface area (Å²) in [4.78, 5) is 32.5. The maximum atomic E-state index is 12.1. The first-order valence-electron chi connectivity index (χ1n) is 9.30. The van der Waals surface area contributed by atoms with E-state index in [0.29, 0.717) is 18.1 Å². The van der Waals surface area contributed by atoms with Crippen molar-refractivity contribution >= 4 is 23.6 Å². The van der Waals surface area contributed by atoms with Gasteiger partial charge in [0.15, 0.2) is 0 Å². The van der Waals surface area contributed by atoms with Crippen molar-refractivity contribution in [1.82, 2.24) is 5.32 Å². The fourth-order valence-electron chi connectivity index (χ4n) is 2.45. The minimum Gasteiger partial charge on any atom is -0.478 e. The van der Waals surface area contributed by atoms with E-state index >= 15 is 0 Å². The van der Waals surface area contributed by atoms with E-state index in [1.807, 2.05) is 0 Å². The van der Waals surface area contributed by atoms with Crippen LogP contribution in [0.1, 0.15) is 58.1 Å². The highest BCUT2D eigenvalue weighted by Crippen LogP contribution is 2.18. The van der Waals surface area contributed by atoms with Crippen LogP contribution in [0.25, 0.3) is 0 Å². The lowest BCUT2D eigenvalue weighted by molar-refractivity contribution is -0.148. The van der Waals surface area contributed by atoms with E-state index in [2.05, 4.69) is 22.4 Å². The average Bonchev–Trinajstić information content (AvgIpc) is 3.10. The maximum Gasteiger partial charge on any atom is 0.413 e. The maximum absolute atomic E-state index is 12.1. The van der Waals surface area contributed by atoms with Crippen molar-refractivity contribution in [2.24, 2.45) is 10.1 Å². The molecule has 1 aliphatic rings. The number of carboxylic acids is 1. The van der Waals surface area contributed by atoms with Crippen molar-refractivity contribution in [2.75, 3.05) is 6.54 Å². The number of amides is 1. The Morgan fingerprint density at radius 3 is 2.54 bits per heavy atom. The molecule has 0 bridgehead atoms. The Morgan fingerprint density at radius 2 is 2.00 bits per heavy atom. The molecule has 0 saturated carbocycles. The number of nitrogens with zero attached hydrogens (tertiary/aromatic N) is 2. The Balaban J connectivity index is 2.14. The minimum atomic E-state index is -1.04. The van der Waals surface area contributed by atoms with Crippen LogP contribution >= 0.6 is 0 Å². The molecule has 8 heteroatoms. The number of unbranched alkanes of at least 4 members (excludes halogenated alkanes) is 1. The zero-order chi connectivity index (χ0) is 20.7. The van der Waals surface area contributed by atoms with Crippen molar-refractivity contribution in [3.05, 3.63) is 35.4 Å². The summed E-state index contributed by atoms with van der Waals surface area (Å²) in [6.45, 7) is 8.04. The third kappa shape index (κ3) is 6.37. The van der Waals surface area contributed by atoms with Crippen LogP contribution in [0.2, 0.25) is 0 Å². The SMILES string of the molecule is CCCCN=C(NC(=O)OC(C)(C)C)c1ccc(C2=NOC(C(=O)O)C2)cc1. The summed E-state index contributed by atoms with van der Waals surface area (Å²) in [6, 6.07) is 7.20. The Labute approximate surface area is 164 Å². The number of hydrogen-bond acceptors (Lipinski definition) is 6. The number of carboxylic acid groups (broad SMARTS) is 1. The number of ether oxygens (including phenoxy) is 1. The zero-order valence-electron chi connectivity index (χ0n) is 16.7. The van der Waals surface area contributed by atoms with Gasteiger partial charge in [0.1, 0.15) is 11.4 Å². The summed E-state index contributed by atoms with van der Waals surface area (Å²) in [5.74, 6) is -0.607. The van der Waals surface area contributed by atoms with Crippen LogP contribution < -0.4 is 5.32 Å². The Kier molecular flexibility index (Phi) is 7.14. The molecule has 0 aliphatic carbocycles. The van der Waals surface area contributed by atoms with Crippen LogP contribution in [0, 0.1) is 0 Å². The lowest BCUT2D eigenvalue weighted by Gasteiger charge is -2.20. The molecule has 1 aliphatic heterocycles. The molecule has 0 aromatic heterocycles. The van der Waals surface area contributed by atoms with Gasteiger partial charge in [-0.1, -0.05) is 42.8 Å². The summed E-state index contributed by atoms with van der Waals surface area (Å²) >= 11 is 0. The lowest BCUT2D eigenvalue weighted by Crippen LogP contribution is -2.37. The topological polar surface area (TPSA) is 110 Å². The summed E-state index contributed by atoms with van der Waals surface area (Å²) in [5.41, 5.74) is 1.45. The van der Waals surface area contributed by atoms with Gasteiger partial charge >= 0.3 is 12.1 Å². The molecule has 1 aromatic rings. The van der Waals surface area contributed by atoms with Crippen LogP contribution in [0.4, 0.5) is 4.79 Å². The lowest BCUT2D eigenvalue weighted by atomic mass is 10.0. The Morgan fingerprint density at radius 1 is 1.32 bits per heavy atom. The van der Waals surface area contributed by atoms with Gasteiger partial charge < -0.3 is 14.7 Å². The zero-order valence-corrected chi connectivity index (χ0v) is 16.7. The average molecular weight is 389 g/mol. The molecule has 2 N–H and O–H groups in total. The van der Waals surface area contributed by atoms with Crippen molar-refractivity contribution in [2.45, 2.75) is 58.7 Å². The Hall–Kier alpha value is -2.90. The standard InChI is InChI=1S/C20H27N3O5/c1-5-6-11-21-17(22-19(26)27-20(2,3)4)14-9-7-13(8-10-14)15-12-16(18(24)25)28-23-15/h7-10,16H,5-6,11-12H2,1-4H3,(H,24,25)(H,21,22,26). The Bertz CT molecular complexity index is 763.